The first kappa shape index (κ1) is 13.5. The van der Waals surface area contributed by atoms with E-state index >= 15 is 0 Å². The van der Waals surface area contributed by atoms with E-state index in [0.717, 1.165) is 18.9 Å². The van der Waals surface area contributed by atoms with E-state index in [2.05, 4.69) is 11.9 Å². The summed E-state index contributed by atoms with van der Waals surface area (Å²) >= 11 is 0. The predicted octanol–water partition coefficient (Wildman–Crippen LogP) is 2.59. The Morgan fingerprint density at radius 1 is 1.31 bits per heavy atom. The van der Waals surface area contributed by atoms with Crippen LogP contribution in [0, 0.1) is 0 Å². The molecule has 0 aromatic heterocycles. The zero-order chi connectivity index (χ0) is 11.8. The molecule has 3 nitrogen and oxygen atoms in total. The standard InChI is InChI=1S/C13H25NO2/c1-3-16-13(15)10-5-4-6-11-14(2)12-8-7-9-12/h12H,3-11H2,1-2H3. The molecule has 0 spiro atoms. The Morgan fingerprint density at radius 3 is 2.62 bits per heavy atom. The molecule has 0 bridgehead atoms. The number of carbonyl (C=O) groups excluding carboxylic acids is 1. The Balaban J connectivity index is 1.89. The molecular weight excluding hydrogens is 202 g/mol. The van der Waals surface area contributed by atoms with Gasteiger partial charge >= 0.3 is 5.97 Å². The number of nitrogens with zero attached hydrogens (tertiary/aromatic N) is 1. The van der Waals surface area contributed by atoms with Crippen LogP contribution >= 0.6 is 0 Å². The lowest BCUT2D eigenvalue weighted by Gasteiger charge is -2.34. The number of carbonyl (C=O) groups is 1. The van der Waals surface area contributed by atoms with Gasteiger partial charge in [0, 0.05) is 12.5 Å². The van der Waals surface area contributed by atoms with Crippen molar-refractivity contribution in [1.29, 1.82) is 0 Å². The first-order valence-corrected chi connectivity index (χ1v) is 6.60. The summed E-state index contributed by atoms with van der Waals surface area (Å²) in [5.41, 5.74) is 0. The first-order chi connectivity index (χ1) is 7.74. The van der Waals surface area contributed by atoms with Crippen LogP contribution in [0.4, 0.5) is 0 Å². The summed E-state index contributed by atoms with van der Waals surface area (Å²) in [7, 11) is 2.22. The third kappa shape index (κ3) is 4.97. The summed E-state index contributed by atoms with van der Waals surface area (Å²) in [5, 5.41) is 0. The predicted molar refractivity (Wildman–Crippen MR) is 65.4 cm³/mol. The second-order valence-corrected chi connectivity index (χ2v) is 4.68. The zero-order valence-electron chi connectivity index (χ0n) is 10.7. The molecule has 0 N–H and O–H groups in total. The summed E-state index contributed by atoms with van der Waals surface area (Å²) in [4.78, 5) is 13.5. The summed E-state index contributed by atoms with van der Waals surface area (Å²) in [6.07, 6.45) is 8.04. The zero-order valence-corrected chi connectivity index (χ0v) is 10.7. The number of hydrogen-bond donors (Lipinski definition) is 0. The average molecular weight is 227 g/mol. The highest BCUT2D eigenvalue weighted by Gasteiger charge is 2.20. The van der Waals surface area contributed by atoms with Crippen molar-refractivity contribution in [2.24, 2.45) is 0 Å². The van der Waals surface area contributed by atoms with Gasteiger partial charge in [0.1, 0.15) is 0 Å². The first-order valence-electron chi connectivity index (χ1n) is 6.60. The van der Waals surface area contributed by atoms with Gasteiger partial charge in [0.15, 0.2) is 0 Å². The lowest BCUT2D eigenvalue weighted by atomic mass is 9.92. The van der Waals surface area contributed by atoms with Gasteiger partial charge in [-0.15, -0.1) is 0 Å². The van der Waals surface area contributed by atoms with Crippen LogP contribution in [0.1, 0.15) is 51.9 Å². The van der Waals surface area contributed by atoms with Crippen LogP contribution in [-0.2, 0) is 9.53 Å². The Morgan fingerprint density at radius 2 is 2.06 bits per heavy atom. The van der Waals surface area contributed by atoms with Crippen molar-refractivity contribution in [2.75, 3.05) is 20.2 Å². The minimum absolute atomic E-state index is 0.0464. The summed E-state index contributed by atoms with van der Waals surface area (Å²) < 4.78 is 4.88. The molecule has 0 saturated heterocycles. The SMILES string of the molecule is CCOC(=O)CCCCCN(C)C1CCC1. The van der Waals surface area contributed by atoms with Gasteiger partial charge in [-0.1, -0.05) is 12.8 Å². The Bertz CT molecular complexity index is 202. The van der Waals surface area contributed by atoms with Gasteiger partial charge in [-0.05, 0) is 46.2 Å². The van der Waals surface area contributed by atoms with Gasteiger partial charge in [-0.3, -0.25) is 4.79 Å². The van der Waals surface area contributed by atoms with E-state index in [9.17, 15) is 4.79 Å². The number of rotatable bonds is 8. The maximum Gasteiger partial charge on any atom is 0.305 e. The minimum atomic E-state index is -0.0464. The fourth-order valence-corrected chi connectivity index (χ4v) is 2.05. The van der Waals surface area contributed by atoms with Crippen molar-refractivity contribution in [3.63, 3.8) is 0 Å². The van der Waals surface area contributed by atoms with E-state index in [1.807, 2.05) is 6.92 Å². The van der Waals surface area contributed by atoms with Crippen LogP contribution < -0.4 is 0 Å². The topological polar surface area (TPSA) is 29.5 Å². The quantitative estimate of drug-likeness (QED) is 0.471. The van der Waals surface area contributed by atoms with Gasteiger partial charge in [-0.2, -0.15) is 0 Å². The molecule has 0 heterocycles. The second-order valence-electron chi connectivity index (χ2n) is 4.68. The molecular formula is C13H25NO2. The monoisotopic (exact) mass is 227 g/mol. The van der Waals surface area contributed by atoms with Crippen molar-refractivity contribution >= 4 is 5.97 Å². The summed E-state index contributed by atoms with van der Waals surface area (Å²) in [6, 6.07) is 0.838. The lowest BCUT2D eigenvalue weighted by molar-refractivity contribution is -0.143. The lowest BCUT2D eigenvalue weighted by Crippen LogP contribution is -2.37. The van der Waals surface area contributed by atoms with E-state index in [-0.39, 0.29) is 5.97 Å². The van der Waals surface area contributed by atoms with Gasteiger partial charge in [0.2, 0.25) is 0 Å². The molecule has 1 fully saturated rings. The Hall–Kier alpha value is -0.570. The number of hydrogen-bond acceptors (Lipinski definition) is 3. The molecule has 0 aromatic carbocycles. The van der Waals surface area contributed by atoms with Crippen molar-refractivity contribution < 1.29 is 9.53 Å². The maximum absolute atomic E-state index is 11.1. The second kappa shape index (κ2) is 7.66. The third-order valence-electron chi connectivity index (χ3n) is 3.40. The number of esters is 1. The molecule has 1 aliphatic carbocycles. The number of ether oxygens (including phenoxy) is 1. The molecule has 0 atom stereocenters. The average Bonchev–Trinajstić information content (AvgIpc) is 2.14. The van der Waals surface area contributed by atoms with Gasteiger partial charge in [0.25, 0.3) is 0 Å². The van der Waals surface area contributed by atoms with Crippen molar-refractivity contribution in [3.8, 4) is 0 Å². The van der Waals surface area contributed by atoms with Crippen molar-refractivity contribution in [1.82, 2.24) is 4.90 Å². The normalized spacial score (nSPS) is 16.2. The Labute approximate surface area is 99.1 Å². The molecule has 1 rings (SSSR count). The molecule has 1 saturated carbocycles. The van der Waals surface area contributed by atoms with Crippen molar-refractivity contribution in [2.45, 2.75) is 57.9 Å². The molecule has 94 valence electrons. The molecule has 3 heteroatoms. The minimum Gasteiger partial charge on any atom is -0.466 e. The molecule has 16 heavy (non-hydrogen) atoms. The maximum atomic E-state index is 11.1. The van der Waals surface area contributed by atoms with Crippen LogP contribution in [0.2, 0.25) is 0 Å². The van der Waals surface area contributed by atoms with Gasteiger partial charge < -0.3 is 9.64 Å². The molecule has 0 aromatic rings. The highest BCUT2D eigenvalue weighted by molar-refractivity contribution is 5.69. The highest BCUT2D eigenvalue weighted by Crippen LogP contribution is 2.23. The molecule has 0 aliphatic heterocycles. The molecule has 1 aliphatic rings. The van der Waals surface area contributed by atoms with Crippen LogP contribution in [0.25, 0.3) is 0 Å². The van der Waals surface area contributed by atoms with Gasteiger partial charge in [-0.25, -0.2) is 0 Å². The third-order valence-corrected chi connectivity index (χ3v) is 3.40. The van der Waals surface area contributed by atoms with Crippen LogP contribution in [-0.4, -0.2) is 37.1 Å². The highest BCUT2D eigenvalue weighted by atomic mass is 16.5. The molecule has 0 radical (unpaired) electrons. The smallest absolute Gasteiger partial charge is 0.305 e. The fourth-order valence-electron chi connectivity index (χ4n) is 2.05. The van der Waals surface area contributed by atoms with E-state index in [0.29, 0.717) is 13.0 Å². The van der Waals surface area contributed by atoms with Crippen LogP contribution in [0.3, 0.4) is 0 Å². The van der Waals surface area contributed by atoms with Crippen LogP contribution in [0.15, 0.2) is 0 Å². The molecule has 0 amide bonds. The van der Waals surface area contributed by atoms with Gasteiger partial charge in [0.05, 0.1) is 6.61 Å². The van der Waals surface area contributed by atoms with Crippen LogP contribution in [0.5, 0.6) is 0 Å². The van der Waals surface area contributed by atoms with E-state index in [1.165, 1.54) is 32.2 Å². The molecule has 0 unspecified atom stereocenters. The summed E-state index contributed by atoms with van der Waals surface area (Å²) in [5.74, 6) is -0.0464. The van der Waals surface area contributed by atoms with E-state index in [1.54, 1.807) is 0 Å². The van der Waals surface area contributed by atoms with E-state index < -0.39 is 0 Å². The largest absolute Gasteiger partial charge is 0.466 e. The fraction of sp³-hybridized carbons (Fsp3) is 0.923. The van der Waals surface area contributed by atoms with E-state index in [4.69, 9.17) is 4.74 Å². The Kier molecular flexibility index (Phi) is 6.46. The number of unbranched alkanes of at least 4 members (excludes halogenated alkanes) is 2. The van der Waals surface area contributed by atoms with Crippen molar-refractivity contribution in [3.05, 3.63) is 0 Å². The summed E-state index contributed by atoms with van der Waals surface area (Å²) in [6.45, 7) is 3.53.